The molecule has 0 N–H and O–H groups in total. The minimum absolute atomic E-state index is 0. The fraction of sp³-hybridized carbons (Fsp3) is 1.00. The van der Waals surface area contributed by atoms with Crippen molar-refractivity contribution in [1.29, 1.82) is 0 Å². The monoisotopic (exact) mass is 139 g/mol. The molecule has 0 aromatic carbocycles. The fourth-order valence-corrected chi connectivity index (χ4v) is 0.401. The molecule has 4 heteroatoms. The zero-order valence-electron chi connectivity index (χ0n) is 7.26. The largest absolute Gasteiger partial charge is 1.00 e. The topological polar surface area (TPSA) is 35.5 Å². The second-order valence-corrected chi connectivity index (χ2v) is 2.24. The van der Waals surface area contributed by atoms with Gasteiger partial charge < -0.3 is 14.7 Å². The second kappa shape index (κ2) is 7.58. The number of hydrogen-bond acceptors (Lipinski definition) is 3. The third-order valence-electron chi connectivity index (χ3n) is 0.891. The van der Waals surface area contributed by atoms with E-state index in [1.165, 1.54) is 6.92 Å². The van der Waals surface area contributed by atoms with E-state index in [1.54, 1.807) is 0 Å². The van der Waals surface area contributed by atoms with Gasteiger partial charge in [-0.05, 0) is 20.4 Å². The van der Waals surface area contributed by atoms with Crippen LogP contribution in [0.1, 0.15) is 6.92 Å². The summed E-state index contributed by atoms with van der Waals surface area (Å²) in [5.41, 5.74) is 0. The Kier molecular flexibility index (Phi) is 9.93. The predicted molar refractivity (Wildman–Crippen MR) is 34.0 cm³/mol. The number of ether oxygens (including phenoxy) is 1. The van der Waals surface area contributed by atoms with Gasteiger partial charge in [0.15, 0.2) is 0 Å². The molecule has 0 saturated carbocycles. The molecule has 10 heavy (non-hydrogen) atoms. The SMILES string of the molecule is CC([O-])OCCN(C)C.[Li+]. The van der Waals surface area contributed by atoms with Crippen molar-refractivity contribution in [1.82, 2.24) is 4.90 Å². The summed E-state index contributed by atoms with van der Waals surface area (Å²) in [5.74, 6) is 0. The Bertz CT molecular complexity index is 60.8. The summed E-state index contributed by atoms with van der Waals surface area (Å²) in [5, 5.41) is 10.3. The third kappa shape index (κ3) is 11.3. The van der Waals surface area contributed by atoms with Crippen LogP contribution in [0, 0.1) is 0 Å². The quantitative estimate of drug-likeness (QED) is 0.297. The standard InChI is InChI=1S/C6H14NO2.Li/c1-6(8)9-5-4-7(2)3;/h6H,4-5H2,1-3H3;/q-1;+1. The molecular formula is C6H14LiNO2. The van der Waals surface area contributed by atoms with Crippen molar-refractivity contribution in [3.63, 3.8) is 0 Å². The van der Waals surface area contributed by atoms with E-state index in [0.29, 0.717) is 6.61 Å². The molecule has 1 atom stereocenters. The summed E-state index contributed by atoms with van der Waals surface area (Å²) in [7, 11) is 3.89. The maximum absolute atomic E-state index is 10.3. The van der Waals surface area contributed by atoms with E-state index in [-0.39, 0.29) is 18.9 Å². The van der Waals surface area contributed by atoms with Crippen molar-refractivity contribution >= 4 is 0 Å². The molecule has 0 rings (SSSR count). The number of nitrogens with zero attached hydrogens (tertiary/aromatic N) is 1. The minimum atomic E-state index is -0.884. The van der Waals surface area contributed by atoms with Crippen LogP contribution in [0.5, 0.6) is 0 Å². The van der Waals surface area contributed by atoms with Crippen LogP contribution in [0.4, 0.5) is 0 Å². The average Bonchev–Trinajstić information content (AvgIpc) is 1.63. The van der Waals surface area contributed by atoms with Crippen LogP contribution in [0.2, 0.25) is 0 Å². The van der Waals surface area contributed by atoms with Gasteiger partial charge in [-0.1, -0.05) is 6.92 Å². The predicted octanol–water partition coefficient (Wildman–Crippen LogP) is -3.73. The average molecular weight is 139 g/mol. The first-order valence-electron chi connectivity index (χ1n) is 3.05. The van der Waals surface area contributed by atoms with Gasteiger partial charge in [-0.15, -0.1) is 0 Å². The molecule has 0 radical (unpaired) electrons. The van der Waals surface area contributed by atoms with Crippen LogP contribution in [-0.4, -0.2) is 38.4 Å². The summed E-state index contributed by atoms with van der Waals surface area (Å²) < 4.78 is 4.76. The molecule has 0 heterocycles. The van der Waals surface area contributed by atoms with E-state index in [2.05, 4.69) is 0 Å². The Labute approximate surface area is 74.5 Å². The Morgan fingerprint density at radius 1 is 1.50 bits per heavy atom. The van der Waals surface area contributed by atoms with Gasteiger partial charge >= 0.3 is 18.9 Å². The van der Waals surface area contributed by atoms with Crippen molar-refractivity contribution in [2.24, 2.45) is 0 Å². The molecule has 0 spiro atoms. The van der Waals surface area contributed by atoms with Crippen molar-refractivity contribution in [2.75, 3.05) is 27.2 Å². The molecule has 0 saturated heterocycles. The summed E-state index contributed by atoms with van der Waals surface area (Å²) >= 11 is 0. The van der Waals surface area contributed by atoms with Crippen molar-refractivity contribution in [3.05, 3.63) is 0 Å². The fourth-order valence-electron chi connectivity index (χ4n) is 0.401. The smallest absolute Gasteiger partial charge is 0.831 e. The number of rotatable bonds is 4. The zero-order valence-corrected chi connectivity index (χ0v) is 7.26. The van der Waals surface area contributed by atoms with Crippen LogP contribution in [0.15, 0.2) is 0 Å². The normalized spacial score (nSPS) is 12.9. The first-order valence-corrected chi connectivity index (χ1v) is 3.05. The van der Waals surface area contributed by atoms with Crippen LogP contribution in [0.3, 0.4) is 0 Å². The first kappa shape index (κ1) is 13.1. The molecule has 0 aliphatic carbocycles. The minimum Gasteiger partial charge on any atom is -0.831 e. The summed E-state index contributed by atoms with van der Waals surface area (Å²) in [4.78, 5) is 1.97. The first-order chi connectivity index (χ1) is 4.13. The molecular weight excluding hydrogens is 125 g/mol. The molecule has 0 aliphatic rings. The van der Waals surface area contributed by atoms with Crippen molar-refractivity contribution < 1.29 is 28.7 Å². The molecule has 0 aromatic rings. The summed E-state index contributed by atoms with van der Waals surface area (Å²) in [6, 6.07) is 0. The van der Waals surface area contributed by atoms with E-state index in [9.17, 15) is 5.11 Å². The van der Waals surface area contributed by atoms with E-state index in [4.69, 9.17) is 4.74 Å². The van der Waals surface area contributed by atoms with E-state index in [0.717, 1.165) is 6.54 Å². The molecule has 0 fully saturated rings. The Morgan fingerprint density at radius 2 is 2.00 bits per heavy atom. The summed E-state index contributed by atoms with van der Waals surface area (Å²) in [6.07, 6.45) is -0.884. The maximum Gasteiger partial charge on any atom is 1.00 e. The Morgan fingerprint density at radius 3 is 2.30 bits per heavy atom. The third-order valence-corrected chi connectivity index (χ3v) is 0.891. The van der Waals surface area contributed by atoms with Gasteiger partial charge in [0.05, 0.1) is 6.61 Å². The molecule has 3 nitrogen and oxygen atoms in total. The zero-order chi connectivity index (χ0) is 7.28. The van der Waals surface area contributed by atoms with E-state index in [1.807, 2.05) is 19.0 Å². The second-order valence-electron chi connectivity index (χ2n) is 2.24. The Balaban J connectivity index is 0. The Hall–Kier alpha value is 0.477. The molecule has 1 unspecified atom stereocenters. The van der Waals surface area contributed by atoms with Crippen LogP contribution in [0.25, 0.3) is 0 Å². The van der Waals surface area contributed by atoms with Gasteiger partial charge in [0.1, 0.15) is 0 Å². The van der Waals surface area contributed by atoms with Gasteiger partial charge in [0, 0.05) is 6.54 Å². The van der Waals surface area contributed by atoms with Gasteiger partial charge in [-0.25, -0.2) is 0 Å². The van der Waals surface area contributed by atoms with Gasteiger partial charge in [-0.3, -0.25) is 0 Å². The number of likely N-dealkylation sites (N-methyl/N-ethyl adjacent to an activating group) is 1. The molecule has 0 aromatic heterocycles. The van der Waals surface area contributed by atoms with Gasteiger partial charge in [-0.2, -0.15) is 0 Å². The molecule has 0 aliphatic heterocycles. The van der Waals surface area contributed by atoms with Crippen LogP contribution >= 0.6 is 0 Å². The van der Waals surface area contributed by atoms with Crippen molar-refractivity contribution in [2.45, 2.75) is 13.2 Å². The van der Waals surface area contributed by atoms with Crippen LogP contribution < -0.4 is 24.0 Å². The molecule has 56 valence electrons. The maximum atomic E-state index is 10.3. The molecule has 0 amide bonds. The van der Waals surface area contributed by atoms with Gasteiger partial charge in [0.25, 0.3) is 0 Å². The van der Waals surface area contributed by atoms with Gasteiger partial charge in [0.2, 0.25) is 0 Å². The summed E-state index contributed by atoms with van der Waals surface area (Å²) in [6.45, 7) is 2.83. The molecule has 0 bridgehead atoms. The number of hydrogen-bond donors (Lipinski definition) is 0. The van der Waals surface area contributed by atoms with E-state index < -0.39 is 6.29 Å². The van der Waals surface area contributed by atoms with E-state index >= 15 is 0 Å². The van der Waals surface area contributed by atoms with Crippen LogP contribution in [-0.2, 0) is 4.74 Å². The van der Waals surface area contributed by atoms with Crippen molar-refractivity contribution in [3.8, 4) is 0 Å².